The summed E-state index contributed by atoms with van der Waals surface area (Å²) in [5.41, 5.74) is 3.51. The molecule has 202 valence electrons. The van der Waals surface area contributed by atoms with Crippen molar-refractivity contribution in [3.8, 4) is 11.5 Å². The van der Waals surface area contributed by atoms with Gasteiger partial charge in [-0.15, -0.1) is 0 Å². The van der Waals surface area contributed by atoms with Crippen molar-refractivity contribution in [1.29, 1.82) is 0 Å². The zero-order chi connectivity index (χ0) is 28.4. The third kappa shape index (κ3) is 5.38. The van der Waals surface area contributed by atoms with Crippen LogP contribution in [-0.4, -0.2) is 26.7 Å². The fraction of sp³-hybridized carbons (Fsp3) is 0.206. The molecule has 0 aliphatic carbocycles. The number of aliphatic hydroxyl groups excluding tert-OH is 1. The van der Waals surface area contributed by atoms with Crippen LogP contribution in [-0.2, 0) is 21.5 Å². The topological polar surface area (TPSA) is 79.7 Å². The Balaban J connectivity index is 1.66. The number of pyridine rings is 1. The number of para-hydroxylation sites is 1. The Morgan fingerprint density at radius 3 is 2.33 bits per heavy atom. The van der Waals surface area contributed by atoms with E-state index in [4.69, 9.17) is 4.74 Å². The number of hydrogen-bond acceptors (Lipinski definition) is 5. The highest BCUT2D eigenvalue weighted by molar-refractivity contribution is 6.46. The molecule has 1 aromatic heterocycles. The van der Waals surface area contributed by atoms with E-state index in [0.29, 0.717) is 28.3 Å². The van der Waals surface area contributed by atoms with E-state index in [0.717, 1.165) is 11.1 Å². The van der Waals surface area contributed by atoms with Gasteiger partial charge >= 0.3 is 0 Å². The van der Waals surface area contributed by atoms with Gasteiger partial charge in [0.05, 0.1) is 23.9 Å². The summed E-state index contributed by atoms with van der Waals surface area (Å²) in [6, 6.07) is 27.1. The van der Waals surface area contributed by atoms with Gasteiger partial charge in [-0.25, -0.2) is 0 Å². The summed E-state index contributed by atoms with van der Waals surface area (Å²) in [6.45, 7) is 8.26. The lowest BCUT2D eigenvalue weighted by atomic mass is 9.84. The zero-order valence-corrected chi connectivity index (χ0v) is 23.1. The first-order valence-corrected chi connectivity index (χ1v) is 13.3. The Morgan fingerprint density at radius 1 is 0.900 bits per heavy atom. The zero-order valence-electron chi connectivity index (χ0n) is 23.1. The molecule has 1 saturated heterocycles. The Morgan fingerprint density at radius 2 is 1.62 bits per heavy atom. The van der Waals surface area contributed by atoms with Gasteiger partial charge < -0.3 is 14.7 Å². The minimum atomic E-state index is -0.834. The van der Waals surface area contributed by atoms with Gasteiger partial charge in [0.15, 0.2) is 0 Å². The number of carbonyl (C=O) groups is 2. The summed E-state index contributed by atoms with van der Waals surface area (Å²) >= 11 is 0. The lowest BCUT2D eigenvalue weighted by Gasteiger charge is -2.26. The van der Waals surface area contributed by atoms with E-state index in [1.54, 1.807) is 18.3 Å². The van der Waals surface area contributed by atoms with Gasteiger partial charge in [-0.3, -0.25) is 14.6 Å². The normalized spacial score (nSPS) is 16.8. The second kappa shape index (κ2) is 10.8. The van der Waals surface area contributed by atoms with Gasteiger partial charge in [0.1, 0.15) is 17.3 Å². The van der Waals surface area contributed by atoms with Crippen molar-refractivity contribution in [1.82, 2.24) is 9.88 Å². The molecule has 1 aliphatic rings. The number of carbonyl (C=O) groups excluding carboxylic acids is 2. The SMILES string of the molecule is Cc1ccc(C(C)(C)C)cc1/C(O)=C1\C(=O)C(=O)N(Cc2ccccn2)C1c1cccc(Oc2ccccc2)c1. The molecule has 1 fully saturated rings. The standard InChI is InChI=1S/C34H32N2O4/c1-22-16-17-24(34(2,3)4)20-28(22)31(37)29-30(36(33(39)32(29)38)21-25-12-8-9-18-35-25)23-11-10-15-27(19-23)40-26-13-6-5-7-14-26/h5-20,30,37H,21H2,1-4H3/b31-29+. The molecule has 0 saturated carbocycles. The molecule has 6 nitrogen and oxygen atoms in total. The van der Waals surface area contributed by atoms with Gasteiger partial charge in [0.25, 0.3) is 11.7 Å². The number of benzene rings is 3. The van der Waals surface area contributed by atoms with E-state index in [2.05, 4.69) is 25.8 Å². The fourth-order valence-corrected chi connectivity index (χ4v) is 4.92. The van der Waals surface area contributed by atoms with E-state index in [9.17, 15) is 14.7 Å². The van der Waals surface area contributed by atoms with Crippen LogP contribution in [0, 0.1) is 6.92 Å². The van der Waals surface area contributed by atoms with E-state index < -0.39 is 17.7 Å². The van der Waals surface area contributed by atoms with E-state index in [-0.39, 0.29) is 23.3 Å². The number of Topliss-reactive ketones (excluding diaryl/α,β-unsaturated/α-hetero) is 1. The number of aromatic nitrogens is 1. The Labute approximate surface area is 234 Å². The Bertz CT molecular complexity index is 1590. The monoisotopic (exact) mass is 532 g/mol. The number of ketones is 1. The Hall–Kier alpha value is -4.71. The second-order valence-electron chi connectivity index (χ2n) is 11.0. The molecular formula is C34H32N2O4. The van der Waals surface area contributed by atoms with Gasteiger partial charge in [-0.2, -0.15) is 0 Å². The maximum atomic E-state index is 13.6. The number of amides is 1. The lowest BCUT2D eigenvalue weighted by Crippen LogP contribution is -2.29. The molecule has 6 heteroatoms. The van der Waals surface area contributed by atoms with E-state index in [1.165, 1.54) is 4.90 Å². The summed E-state index contributed by atoms with van der Waals surface area (Å²) in [6.07, 6.45) is 1.65. The van der Waals surface area contributed by atoms with Crippen molar-refractivity contribution >= 4 is 17.4 Å². The number of ether oxygens (including phenoxy) is 1. The van der Waals surface area contributed by atoms with Crippen LogP contribution in [0.2, 0.25) is 0 Å². The molecule has 3 aromatic carbocycles. The number of aryl methyl sites for hydroxylation is 1. The molecule has 5 rings (SSSR count). The molecule has 2 heterocycles. The van der Waals surface area contributed by atoms with Crippen LogP contribution in [0.3, 0.4) is 0 Å². The molecule has 0 radical (unpaired) electrons. The average molecular weight is 533 g/mol. The van der Waals surface area contributed by atoms with Crippen LogP contribution >= 0.6 is 0 Å². The van der Waals surface area contributed by atoms with Crippen molar-refractivity contribution in [2.24, 2.45) is 0 Å². The predicted octanol–water partition coefficient (Wildman–Crippen LogP) is 7.10. The first-order valence-electron chi connectivity index (χ1n) is 13.3. The molecule has 1 amide bonds. The largest absolute Gasteiger partial charge is 0.507 e. The number of hydrogen-bond donors (Lipinski definition) is 1. The van der Waals surface area contributed by atoms with Gasteiger partial charge in [-0.05, 0) is 71.5 Å². The minimum Gasteiger partial charge on any atom is -0.507 e. The van der Waals surface area contributed by atoms with Crippen molar-refractivity contribution < 1.29 is 19.4 Å². The molecule has 1 aliphatic heterocycles. The maximum Gasteiger partial charge on any atom is 0.296 e. The summed E-state index contributed by atoms with van der Waals surface area (Å²) in [4.78, 5) is 33.0. The molecule has 1 N–H and O–H groups in total. The van der Waals surface area contributed by atoms with Crippen molar-refractivity contribution in [3.63, 3.8) is 0 Å². The molecule has 1 atom stereocenters. The third-order valence-corrected chi connectivity index (χ3v) is 7.11. The van der Waals surface area contributed by atoms with Crippen molar-refractivity contribution in [2.45, 2.75) is 45.7 Å². The number of rotatable bonds is 6. The predicted molar refractivity (Wildman–Crippen MR) is 155 cm³/mol. The van der Waals surface area contributed by atoms with Crippen LogP contribution in [0.4, 0.5) is 0 Å². The van der Waals surface area contributed by atoms with Gasteiger partial charge in [0, 0.05) is 11.8 Å². The smallest absolute Gasteiger partial charge is 0.296 e. The molecule has 0 spiro atoms. The molecular weight excluding hydrogens is 500 g/mol. The van der Waals surface area contributed by atoms with Crippen LogP contribution in [0.1, 0.15) is 54.8 Å². The summed E-state index contributed by atoms with van der Waals surface area (Å²) < 4.78 is 6.06. The number of aliphatic hydroxyl groups is 1. The molecule has 4 aromatic rings. The lowest BCUT2D eigenvalue weighted by molar-refractivity contribution is -0.140. The first kappa shape index (κ1) is 26.9. The van der Waals surface area contributed by atoms with Crippen LogP contribution in [0.25, 0.3) is 5.76 Å². The highest BCUT2D eigenvalue weighted by Crippen LogP contribution is 2.42. The first-order chi connectivity index (χ1) is 19.1. The third-order valence-electron chi connectivity index (χ3n) is 7.11. The minimum absolute atomic E-state index is 0.0481. The fourth-order valence-electron chi connectivity index (χ4n) is 4.92. The Kier molecular flexibility index (Phi) is 7.26. The van der Waals surface area contributed by atoms with Gasteiger partial charge in [-0.1, -0.05) is 69.3 Å². The maximum absolute atomic E-state index is 13.6. The van der Waals surface area contributed by atoms with E-state index in [1.807, 2.05) is 85.8 Å². The molecule has 0 bridgehead atoms. The highest BCUT2D eigenvalue weighted by atomic mass is 16.5. The van der Waals surface area contributed by atoms with Gasteiger partial charge in [0.2, 0.25) is 0 Å². The molecule has 40 heavy (non-hydrogen) atoms. The van der Waals surface area contributed by atoms with Crippen LogP contribution in [0.5, 0.6) is 11.5 Å². The van der Waals surface area contributed by atoms with Crippen molar-refractivity contribution in [3.05, 3.63) is 131 Å². The number of likely N-dealkylation sites (tertiary alicyclic amines) is 1. The average Bonchev–Trinajstić information content (AvgIpc) is 3.18. The van der Waals surface area contributed by atoms with Crippen LogP contribution < -0.4 is 4.74 Å². The molecule has 1 unspecified atom stereocenters. The second-order valence-corrected chi connectivity index (χ2v) is 11.0. The quantitative estimate of drug-likeness (QED) is 0.163. The van der Waals surface area contributed by atoms with Crippen molar-refractivity contribution in [2.75, 3.05) is 0 Å². The summed E-state index contributed by atoms with van der Waals surface area (Å²) in [5.74, 6) is -0.385. The highest BCUT2D eigenvalue weighted by Gasteiger charge is 2.46. The number of nitrogens with zero attached hydrogens (tertiary/aromatic N) is 2. The van der Waals surface area contributed by atoms with E-state index >= 15 is 0 Å². The summed E-state index contributed by atoms with van der Waals surface area (Å²) in [7, 11) is 0. The summed E-state index contributed by atoms with van der Waals surface area (Å²) in [5, 5.41) is 11.7. The van der Waals surface area contributed by atoms with Crippen LogP contribution in [0.15, 0.2) is 103 Å².